The molecule has 1 aliphatic heterocycles. The third-order valence-corrected chi connectivity index (χ3v) is 5.22. The number of halogens is 1. The average Bonchev–Trinajstić information content (AvgIpc) is 3.28. The first-order chi connectivity index (χ1) is 13.1. The summed E-state index contributed by atoms with van der Waals surface area (Å²) in [5, 5.41) is 0. The topological polar surface area (TPSA) is 50.5 Å². The summed E-state index contributed by atoms with van der Waals surface area (Å²) in [7, 11) is 0. The van der Waals surface area contributed by atoms with E-state index >= 15 is 0 Å². The lowest BCUT2D eigenvalue weighted by Gasteiger charge is -2.15. The molecule has 1 aromatic heterocycles. The van der Waals surface area contributed by atoms with Gasteiger partial charge in [0.2, 0.25) is 0 Å². The zero-order chi connectivity index (χ0) is 18.8. The molecule has 134 valence electrons. The number of nitrogens with zero attached hydrogens (tertiary/aromatic N) is 1. The Morgan fingerprint density at radius 2 is 1.63 bits per heavy atom. The minimum Gasteiger partial charge on any atom is -0.468 e. The quantitative estimate of drug-likeness (QED) is 0.606. The van der Waals surface area contributed by atoms with Crippen molar-refractivity contribution >= 4 is 34.8 Å². The van der Waals surface area contributed by atoms with E-state index in [-0.39, 0.29) is 0 Å². The van der Waals surface area contributed by atoms with Gasteiger partial charge in [-0.2, -0.15) is 0 Å². The van der Waals surface area contributed by atoms with Crippen LogP contribution >= 0.6 is 11.8 Å². The van der Waals surface area contributed by atoms with Crippen molar-refractivity contribution in [3.63, 3.8) is 0 Å². The molecule has 0 bridgehead atoms. The highest BCUT2D eigenvalue weighted by Gasteiger charge is 2.40. The van der Waals surface area contributed by atoms with Gasteiger partial charge in [-0.15, -0.1) is 11.8 Å². The molecule has 0 atom stereocenters. The van der Waals surface area contributed by atoms with E-state index in [1.807, 2.05) is 24.3 Å². The number of thioether (sulfide) groups is 1. The van der Waals surface area contributed by atoms with Gasteiger partial charge in [-0.05, 0) is 42.0 Å². The maximum atomic E-state index is 13.3. The van der Waals surface area contributed by atoms with E-state index in [9.17, 15) is 14.0 Å². The fourth-order valence-electron chi connectivity index (χ4n) is 2.87. The lowest BCUT2D eigenvalue weighted by molar-refractivity contribution is -0.119. The highest BCUT2D eigenvalue weighted by Crippen LogP contribution is 2.39. The van der Waals surface area contributed by atoms with E-state index in [1.165, 1.54) is 36.0 Å². The Morgan fingerprint density at radius 3 is 2.30 bits per heavy atom. The predicted molar refractivity (Wildman–Crippen MR) is 102 cm³/mol. The highest BCUT2D eigenvalue weighted by molar-refractivity contribution is 8.03. The van der Waals surface area contributed by atoms with Crippen LogP contribution < -0.4 is 4.90 Å². The summed E-state index contributed by atoms with van der Waals surface area (Å²) in [6, 6.07) is 18.0. The van der Waals surface area contributed by atoms with Gasteiger partial charge in [-0.3, -0.25) is 9.59 Å². The largest absolute Gasteiger partial charge is 0.468 e. The zero-order valence-electron chi connectivity index (χ0n) is 14.1. The summed E-state index contributed by atoms with van der Waals surface area (Å²) in [5.41, 5.74) is 1.36. The van der Waals surface area contributed by atoms with Crippen LogP contribution in [0.2, 0.25) is 0 Å². The van der Waals surface area contributed by atoms with Crippen molar-refractivity contribution in [2.24, 2.45) is 0 Å². The molecule has 4 rings (SSSR count). The first-order valence-corrected chi connectivity index (χ1v) is 9.23. The number of anilines is 1. The first kappa shape index (κ1) is 17.3. The molecule has 27 heavy (non-hydrogen) atoms. The Morgan fingerprint density at radius 1 is 0.889 bits per heavy atom. The van der Waals surface area contributed by atoms with Gasteiger partial charge in [0.05, 0.1) is 28.2 Å². The third-order valence-electron chi connectivity index (χ3n) is 4.13. The van der Waals surface area contributed by atoms with Crippen molar-refractivity contribution in [3.8, 4) is 0 Å². The molecule has 6 heteroatoms. The molecule has 0 radical (unpaired) electrons. The van der Waals surface area contributed by atoms with Crippen LogP contribution in [0.1, 0.15) is 11.3 Å². The second-order valence-electron chi connectivity index (χ2n) is 5.86. The molecule has 0 N–H and O–H groups in total. The number of carbonyl (C=O) groups is 2. The number of amides is 2. The summed E-state index contributed by atoms with van der Waals surface area (Å²) >= 11 is 1.26. The molecule has 4 nitrogen and oxygen atoms in total. The summed E-state index contributed by atoms with van der Waals surface area (Å²) < 4.78 is 18.6. The maximum absolute atomic E-state index is 13.3. The standard InChI is InChI=1S/C21H14FNO3S/c22-15-8-10-16(11-9-15)23-20(24)18(14-5-2-1-3-6-14)19(21(23)25)27-13-17-7-4-12-26-17/h1-12H,13H2. The van der Waals surface area contributed by atoms with Gasteiger partial charge in [0.25, 0.3) is 11.8 Å². The van der Waals surface area contributed by atoms with E-state index in [1.54, 1.807) is 24.5 Å². The highest BCUT2D eigenvalue weighted by atomic mass is 32.2. The molecule has 0 aliphatic carbocycles. The monoisotopic (exact) mass is 379 g/mol. The third kappa shape index (κ3) is 3.31. The Balaban J connectivity index is 1.74. The van der Waals surface area contributed by atoms with Gasteiger partial charge in [0, 0.05) is 0 Å². The summed E-state index contributed by atoms with van der Waals surface area (Å²) in [4.78, 5) is 27.6. The van der Waals surface area contributed by atoms with Gasteiger partial charge in [-0.25, -0.2) is 9.29 Å². The normalized spacial score (nSPS) is 14.3. The van der Waals surface area contributed by atoms with Gasteiger partial charge >= 0.3 is 0 Å². The van der Waals surface area contributed by atoms with Crippen LogP contribution in [0, 0.1) is 5.82 Å². The lowest BCUT2D eigenvalue weighted by Crippen LogP contribution is -2.31. The molecule has 0 saturated heterocycles. The Hall–Kier alpha value is -3.12. The molecule has 0 saturated carbocycles. The van der Waals surface area contributed by atoms with Crippen molar-refractivity contribution < 1.29 is 18.4 Å². The molecule has 0 spiro atoms. The second kappa shape index (κ2) is 7.25. The molecule has 3 aromatic rings. The first-order valence-electron chi connectivity index (χ1n) is 8.24. The number of rotatable bonds is 5. The minimum atomic E-state index is -0.429. The van der Waals surface area contributed by atoms with Crippen LogP contribution in [0.4, 0.5) is 10.1 Å². The second-order valence-corrected chi connectivity index (χ2v) is 6.85. The van der Waals surface area contributed by atoms with E-state index in [0.717, 1.165) is 4.90 Å². The Kier molecular flexibility index (Phi) is 4.64. The van der Waals surface area contributed by atoms with E-state index < -0.39 is 17.6 Å². The number of imide groups is 1. The van der Waals surface area contributed by atoms with Crippen LogP contribution in [0.25, 0.3) is 5.57 Å². The predicted octanol–water partition coefficient (Wildman–Crippen LogP) is 4.64. The Bertz CT molecular complexity index is 1010. The van der Waals surface area contributed by atoms with Gasteiger partial charge in [-0.1, -0.05) is 30.3 Å². The molecule has 2 heterocycles. The molecule has 0 fully saturated rings. The van der Waals surface area contributed by atoms with Gasteiger partial charge in [0.15, 0.2) is 0 Å². The van der Waals surface area contributed by atoms with Crippen LogP contribution in [-0.2, 0) is 15.3 Å². The average molecular weight is 379 g/mol. The number of carbonyl (C=O) groups excluding carboxylic acids is 2. The molecule has 1 aliphatic rings. The van der Waals surface area contributed by atoms with Crippen molar-refractivity contribution in [2.45, 2.75) is 5.75 Å². The number of hydrogen-bond acceptors (Lipinski definition) is 4. The molecule has 2 aromatic carbocycles. The van der Waals surface area contributed by atoms with E-state index in [4.69, 9.17) is 4.42 Å². The molecular formula is C21H14FNO3S. The molecular weight excluding hydrogens is 365 g/mol. The van der Waals surface area contributed by atoms with Gasteiger partial charge in [0.1, 0.15) is 11.6 Å². The van der Waals surface area contributed by atoms with Crippen molar-refractivity contribution in [3.05, 3.63) is 95.0 Å². The maximum Gasteiger partial charge on any atom is 0.272 e. The van der Waals surface area contributed by atoms with Crippen LogP contribution in [-0.4, -0.2) is 11.8 Å². The number of furan rings is 1. The van der Waals surface area contributed by atoms with E-state index in [2.05, 4.69) is 0 Å². The minimum absolute atomic E-state index is 0.341. The van der Waals surface area contributed by atoms with Crippen LogP contribution in [0.5, 0.6) is 0 Å². The van der Waals surface area contributed by atoms with Gasteiger partial charge < -0.3 is 4.42 Å². The SMILES string of the molecule is O=C1C(SCc2ccco2)=C(c2ccccc2)C(=O)N1c1ccc(F)cc1. The fourth-order valence-corrected chi connectivity index (χ4v) is 3.88. The van der Waals surface area contributed by atoms with Crippen molar-refractivity contribution in [1.29, 1.82) is 0 Å². The van der Waals surface area contributed by atoms with E-state index in [0.29, 0.717) is 33.2 Å². The summed E-state index contributed by atoms with van der Waals surface area (Å²) in [6.45, 7) is 0. The van der Waals surface area contributed by atoms with Crippen molar-refractivity contribution in [1.82, 2.24) is 0 Å². The fraction of sp³-hybridized carbons (Fsp3) is 0.0476. The van der Waals surface area contributed by atoms with Crippen LogP contribution in [0.3, 0.4) is 0 Å². The number of benzene rings is 2. The smallest absolute Gasteiger partial charge is 0.272 e. The molecule has 2 amide bonds. The molecule has 0 unspecified atom stereocenters. The van der Waals surface area contributed by atoms with Crippen LogP contribution in [0.15, 0.2) is 82.3 Å². The lowest BCUT2D eigenvalue weighted by atomic mass is 10.1. The Labute approximate surface area is 159 Å². The summed E-state index contributed by atoms with van der Waals surface area (Å²) in [6.07, 6.45) is 1.56. The number of hydrogen-bond donors (Lipinski definition) is 0. The van der Waals surface area contributed by atoms with Crippen molar-refractivity contribution in [2.75, 3.05) is 4.90 Å². The summed E-state index contributed by atoms with van der Waals surface area (Å²) in [5.74, 6) is -0.127. The zero-order valence-corrected chi connectivity index (χ0v) is 14.9.